The van der Waals surface area contributed by atoms with Gasteiger partial charge in [0, 0.05) is 45.1 Å². The van der Waals surface area contributed by atoms with Gasteiger partial charge in [0.15, 0.2) is 0 Å². The Balaban J connectivity index is 1.70. The van der Waals surface area contributed by atoms with Crippen LogP contribution in [0.15, 0.2) is 48.8 Å². The maximum Gasteiger partial charge on any atom is 0.301 e. The van der Waals surface area contributed by atoms with E-state index in [1.807, 2.05) is 6.07 Å². The van der Waals surface area contributed by atoms with E-state index in [9.17, 15) is 13.5 Å². The first-order chi connectivity index (χ1) is 12.4. The number of hydrogen-bond acceptors (Lipinski definition) is 6. The van der Waals surface area contributed by atoms with Crippen LogP contribution < -0.4 is 14.8 Å². The predicted octanol–water partition coefficient (Wildman–Crippen LogP) is 1.00. The van der Waals surface area contributed by atoms with Gasteiger partial charge in [-0.05, 0) is 30.3 Å². The fourth-order valence-electron chi connectivity index (χ4n) is 2.03. The zero-order valence-corrected chi connectivity index (χ0v) is 15.6. The van der Waals surface area contributed by atoms with Gasteiger partial charge in [0.25, 0.3) is 0 Å². The molecule has 0 radical (unpaired) electrons. The van der Waals surface area contributed by atoms with Crippen LogP contribution in [-0.4, -0.2) is 56.6 Å². The average molecular weight is 380 g/mol. The highest BCUT2D eigenvalue weighted by Gasteiger charge is 2.12. The number of hydrogen-bond donors (Lipinski definition) is 3. The highest BCUT2D eigenvalue weighted by atomic mass is 32.2. The molecular weight excluding hydrogens is 356 g/mol. The molecular formula is C17H24N4O4S. The largest absolute Gasteiger partial charge is 0.492 e. The normalized spacial score (nSPS) is 12.8. The van der Waals surface area contributed by atoms with E-state index in [4.69, 9.17) is 4.74 Å². The molecule has 0 bridgehead atoms. The molecule has 0 aliphatic heterocycles. The van der Waals surface area contributed by atoms with E-state index in [-0.39, 0.29) is 0 Å². The van der Waals surface area contributed by atoms with Crippen molar-refractivity contribution in [3.05, 3.63) is 54.4 Å². The van der Waals surface area contributed by atoms with Gasteiger partial charge in [0.1, 0.15) is 12.4 Å². The summed E-state index contributed by atoms with van der Waals surface area (Å²) in [6.45, 7) is 1.38. The number of anilines is 1. The van der Waals surface area contributed by atoms with Crippen LogP contribution in [0.2, 0.25) is 0 Å². The van der Waals surface area contributed by atoms with Crippen LogP contribution in [0.5, 0.6) is 5.75 Å². The van der Waals surface area contributed by atoms with Crippen LogP contribution in [0.1, 0.15) is 11.7 Å². The number of nitrogens with one attached hydrogen (secondary N) is 2. The topological polar surface area (TPSA) is 104 Å². The summed E-state index contributed by atoms with van der Waals surface area (Å²) in [5.74, 6) is 0.632. The number of nitrogens with zero attached hydrogens (tertiary/aromatic N) is 2. The van der Waals surface area contributed by atoms with E-state index in [1.165, 1.54) is 14.1 Å². The molecule has 0 aliphatic rings. The monoisotopic (exact) mass is 380 g/mol. The highest BCUT2D eigenvalue weighted by molar-refractivity contribution is 7.90. The molecule has 0 spiro atoms. The summed E-state index contributed by atoms with van der Waals surface area (Å²) >= 11 is 0. The third-order valence-corrected chi connectivity index (χ3v) is 4.99. The van der Waals surface area contributed by atoms with E-state index in [1.54, 1.807) is 42.7 Å². The third-order valence-electron chi connectivity index (χ3n) is 3.54. The molecule has 0 aliphatic carbocycles. The van der Waals surface area contributed by atoms with Crippen molar-refractivity contribution < 1.29 is 18.3 Å². The van der Waals surface area contributed by atoms with Crippen LogP contribution in [0.4, 0.5) is 5.69 Å². The molecule has 142 valence electrons. The van der Waals surface area contributed by atoms with E-state index in [0.717, 1.165) is 9.87 Å². The van der Waals surface area contributed by atoms with Gasteiger partial charge in [-0.3, -0.25) is 9.71 Å². The second-order valence-electron chi connectivity index (χ2n) is 5.77. The van der Waals surface area contributed by atoms with E-state index < -0.39 is 16.3 Å². The molecule has 26 heavy (non-hydrogen) atoms. The first-order valence-corrected chi connectivity index (χ1v) is 9.54. The number of aromatic nitrogens is 1. The van der Waals surface area contributed by atoms with Crippen LogP contribution in [-0.2, 0) is 10.2 Å². The van der Waals surface area contributed by atoms with Gasteiger partial charge in [0.05, 0.1) is 11.8 Å². The second-order valence-corrected chi connectivity index (χ2v) is 7.65. The molecule has 0 unspecified atom stereocenters. The molecule has 0 fully saturated rings. The molecule has 3 N–H and O–H groups in total. The predicted molar refractivity (Wildman–Crippen MR) is 100 cm³/mol. The summed E-state index contributed by atoms with van der Waals surface area (Å²) in [6.07, 6.45) is 2.68. The molecule has 0 amide bonds. The molecule has 9 heteroatoms. The summed E-state index contributed by atoms with van der Waals surface area (Å²) in [5, 5.41) is 13.1. The van der Waals surface area contributed by atoms with E-state index in [0.29, 0.717) is 31.1 Å². The summed E-state index contributed by atoms with van der Waals surface area (Å²) < 4.78 is 32.6. The SMILES string of the molecule is CN(C)S(=O)(=O)Nc1ccc(OCCNC[C@H](O)c2cccnc2)cc1. The van der Waals surface area contributed by atoms with Crippen molar-refractivity contribution in [3.8, 4) is 5.75 Å². The zero-order valence-electron chi connectivity index (χ0n) is 14.8. The molecule has 2 rings (SSSR count). The van der Waals surface area contributed by atoms with Crippen molar-refractivity contribution in [2.75, 3.05) is 38.5 Å². The lowest BCUT2D eigenvalue weighted by Gasteiger charge is -2.14. The lowest BCUT2D eigenvalue weighted by atomic mass is 10.1. The summed E-state index contributed by atoms with van der Waals surface area (Å²) in [7, 11) is -0.602. The Bertz CT molecular complexity index is 767. The smallest absolute Gasteiger partial charge is 0.301 e. The van der Waals surface area contributed by atoms with Crippen molar-refractivity contribution in [1.82, 2.24) is 14.6 Å². The Morgan fingerprint density at radius 3 is 2.58 bits per heavy atom. The van der Waals surface area contributed by atoms with Crippen molar-refractivity contribution in [2.24, 2.45) is 0 Å². The highest BCUT2D eigenvalue weighted by Crippen LogP contribution is 2.17. The first-order valence-electron chi connectivity index (χ1n) is 8.10. The maximum atomic E-state index is 11.7. The Labute approximate surface area is 154 Å². The number of aliphatic hydroxyl groups excluding tert-OH is 1. The fraction of sp³-hybridized carbons (Fsp3) is 0.353. The number of benzene rings is 1. The van der Waals surface area contributed by atoms with Crippen LogP contribution in [0.25, 0.3) is 0 Å². The Kier molecular flexibility index (Phi) is 7.34. The van der Waals surface area contributed by atoms with Gasteiger partial charge < -0.3 is 15.2 Å². The fourth-order valence-corrected chi connectivity index (χ4v) is 2.65. The first kappa shape index (κ1) is 20.1. The third kappa shape index (κ3) is 6.26. The zero-order chi connectivity index (χ0) is 19.0. The minimum atomic E-state index is -3.52. The van der Waals surface area contributed by atoms with Crippen molar-refractivity contribution in [1.29, 1.82) is 0 Å². The maximum absolute atomic E-state index is 11.7. The molecule has 0 saturated carbocycles. The van der Waals surface area contributed by atoms with Crippen molar-refractivity contribution in [2.45, 2.75) is 6.10 Å². The van der Waals surface area contributed by atoms with Crippen molar-refractivity contribution in [3.63, 3.8) is 0 Å². The molecule has 1 aromatic heterocycles. The quantitative estimate of drug-likeness (QED) is 0.532. The Morgan fingerprint density at radius 1 is 1.23 bits per heavy atom. The minimum absolute atomic E-state index is 0.403. The molecule has 1 heterocycles. The Hall–Kier alpha value is -2.20. The number of ether oxygens (including phenoxy) is 1. The Morgan fingerprint density at radius 2 is 1.96 bits per heavy atom. The van der Waals surface area contributed by atoms with Crippen LogP contribution in [0.3, 0.4) is 0 Å². The number of rotatable bonds is 10. The van der Waals surface area contributed by atoms with E-state index in [2.05, 4.69) is 15.0 Å². The van der Waals surface area contributed by atoms with Gasteiger partial charge >= 0.3 is 10.2 Å². The van der Waals surface area contributed by atoms with Gasteiger partial charge in [0.2, 0.25) is 0 Å². The van der Waals surface area contributed by atoms with Crippen molar-refractivity contribution >= 4 is 15.9 Å². The van der Waals surface area contributed by atoms with Gasteiger partial charge in [-0.25, -0.2) is 0 Å². The second kappa shape index (κ2) is 9.48. The molecule has 2 aromatic rings. The molecule has 8 nitrogen and oxygen atoms in total. The molecule has 0 saturated heterocycles. The minimum Gasteiger partial charge on any atom is -0.492 e. The standard InChI is InChI=1S/C17H24N4O4S/c1-21(2)26(23,24)20-15-5-7-16(8-6-15)25-11-10-19-13-17(22)14-4-3-9-18-12-14/h3-9,12,17,19-20,22H,10-11,13H2,1-2H3/t17-/m0/s1. The number of aliphatic hydroxyl groups is 1. The lowest BCUT2D eigenvalue weighted by molar-refractivity contribution is 0.171. The van der Waals surface area contributed by atoms with Gasteiger partial charge in [-0.1, -0.05) is 6.07 Å². The van der Waals surface area contributed by atoms with Crippen LogP contribution >= 0.6 is 0 Å². The molecule has 1 atom stereocenters. The van der Waals surface area contributed by atoms with Gasteiger partial charge in [-0.2, -0.15) is 12.7 Å². The molecule has 1 aromatic carbocycles. The lowest BCUT2D eigenvalue weighted by Crippen LogP contribution is -2.28. The van der Waals surface area contributed by atoms with E-state index >= 15 is 0 Å². The average Bonchev–Trinajstić information content (AvgIpc) is 2.63. The summed E-state index contributed by atoms with van der Waals surface area (Å²) in [6, 6.07) is 10.3. The summed E-state index contributed by atoms with van der Waals surface area (Å²) in [4.78, 5) is 3.97. The van der Waals surface area contributed by atoms with Crippen LogP contribution in [0, 0.1) is 0 Å². The number of pyridine rings is 1. The van der Waals surface area contributed by atoms with Gasteiger partial charge in [-0.15, -0.1) is 0 Å². The summed E-state index contributed by atoms with van der Waals surface area (Å²) in [5.41, 5.74) is 1.22.